The Morgan fingerprint density at radius 1 is 1.14 bits per heavy atom. The number of ether oxygens (including phenoxy) is 3. The lowest BCUT2D eigenvalue weighted by molar-refractivity contribution is -0.138. The highest BCUT2D eigenvalue weighted by atomic mass is 16.5. The maximum absolute atomic E-state index is 11.6. The average Bonchev–Trinajstić information content (AvgIpc) is 2.52. The molecule has 0 fully saturated rings. The molecule has 8 heteroatoms. The van der Waals surface area contributed by atoms with Crippen LogP contribution in [0.5, 0.6) is 5.75 Å². The normalized spacial score (nSPS) is 10.6. The van der Waals surface area contributed by atoms with Crippen LogP contribution >= 0.6 is 0 Å². The minimum atomic E-state index is -1.15. The smallest absolute Gasteiger partial charge is 0.354 e. The topological polar surface area (TPSA) is 111 Å². The van der Waals surface area contributed by atoms with Gasteiger partial charge in [-0.05, 0) is 12.1 Å². The van der Waals surface area contributed by atoms with E-state index in [2.05, 4.69) is 14.8 Å². The van der Waals surface area contributed by atoms with Gasteiger partial charge in [0.1, 0.15) is 17.0 Å². The maximum Gasteiger partial charge on any atom is 0.354 e. The van der Waals surface area contributed by atoms with E-state index in [0.29, 0.717) is 5.69 Å². The summed E-state index contributed by atoms with van der Waals surface area (Å²) in [7, 11) is 3.64. The number of hydrogen-bond donors (Lipinski definition) is 2. The minimum Gasteiger partial charge on any atom is -0.496 e. The highest BCUT2D eigenvalue weighted by Gasteiger charge is 2.15. The number of aromatic carboxylic acids is 1. The van der Waals surface area contributed by atoms with E-state index >= 15 is 0 Å². The molecule has 22 heavy (non-hydrogen) atoms. The van der Waals surface area contributed by atoms with E-state index in [1.807, 2.05) is 0 Å². The standard InChI is InChI=1S/C14H15NO7/c1-20-11-6-8(4-5-9(11)13(17)18)15-10(14(19)22-3)7-12(16)21-2/h4-7,15H,1-3H3,(H,17,18)/b10-7+. The van der Waals surface area contributed by atoms with Gasteiger partial charge in [0, 0.05) is 11.8 Å². The van der Waals surface area contributed by atoms with E-state index in [1.165, 1.54) is 32.4 Å². The zero-order valence-corrected chi connectivity index (χ0v) is 12.2. The van der Waals surface area contributed by atoms with Gasteiger partial charge in [-0.2, -0.15) is 0 Å². The molecule has 0 aromatic heterocycles. The number of carbonyl (C=O) groups excluding carboxylic acids is 2. The van der Waals surface area contributed by atoms with Gasteiger partial charge in [0.2, 0.25) is 0 Å². The Labute approximate surface area is 126 Å². The van der Waals surface area contributed by atoms with Crippen LogP contribution in [0.3, 0.4) is 0 Å². The Kier molecular flexibility index (Phi) is 5.94. The van der Waals surface area contributed by atoms with Crippen molar-refractivity contribution < 1.29 is 33.7 Å². The Morgan fingerprint density at radius 2 is 1.82 bits per heavy atom. The molecule has 0 heterocycles. The number of hydrogen-bond acceptors (Lipinski definition) is 7. The number of nitrogens with one attached hydrogen (secondary N) is 1. The number of rotatable bonds is 6. The molecule has 0 amide bonds. The molecule has 0 unspecified atom stereocenters. The maximum atomic E-state index is 11.6. The van der Waals surface area contributed by atoms with E-state index in [9.17, 15) is 14.4 Å². The second-order valence-electron chi connectivity index (χ2n) is 3.92. The molecule has 0 aliphatic heterocycles. The summed E-state index contributed by atoms with van der Waals surface area (Å²) in [5.74, 6) is -2.59. The lowest BCUT2D eigenvalue weighted by Gasteiger charge is -2.11. The van der Waals surface area contributed by atoms with E-state index in [0.717, 1.165) is 13.2 Å². The van der Waals surface area contributed by atoms with E-state index < -0.39 is 17.9 Å². The highest BCUT2D eigenvalue weighted by molar-refractivity contribution is 5.99. The van der Waals surface area contributed by atoms with Crippen LogP contribution in [0.15, 0.2) is 30.0 Å². The van der Waals surface area contributed by atoms with E-state index in [4.69, 9.17) is 9.84 Å². The first-order valence-corrected chi connectivity index (χ1v) is 5.99. The molecule has 0 aliphatic carbocycles. The minimum absolute atomic E-state index is 0.0374. The van der Waals surface area contributed by atoms with Crippen LogP contribution in [0, 0.1) is 0 Å². The lowest BCUT2D eigenvalue weighted by atomic mass is 10.1. The fraction of sp³-hybridized carbons (Fsp3) is 0.214. The first-order valence-electron chi connectivity index (χ1n) is 5.99. The summed E-state index contributed by atoms with van der Waals surface area (Å²) < 4.78 is 14.0. The quantitative estimate of drug-likeness (QED) is 0.592. The van der Waals surface area contributed by atoms with Crippen LogP contribution in [0.25, 0.3) is 0 Å². The number of carbonyl (C=O) groups is 3. The Hall–Kier alpha value is -3.03. The summed E-state index contributed by atoms with van der Waals surface area (Å²) in [5.41, 5.74) is 0.131. The molecule has 0 aliphatic rings. The second kappa shape index (κ2) is 7.67. The third kappa shape index (κ3) is 4.23. The van der Waals surface area contributed by atoms with E-state index in [-0.39, 0.29) is 17.0 Å². The first kappa shape index (κ1) is 17.0. The van der Waals surface area contributed by atoms with Crippen molar-refractivity contribution in [3.8, 4) is 5.75 Å². The first-order chi connectivity index (χ1) is 10.4. The number of benzene rings is 1. The summed E-state index contributed by atoms with van der Waals surface area (Å²) in [6.45, 7) is 0. The van der Waals surface area contributed by atoms with Crippen molar-refractivity contribution in [2.75, 3.05) is 26.6 Å². The van der Waals surface area contributed by atoms with Crippen LogP contribution < -0.4 is 10.1 Å². The third-order valence-electron chi connectivity index (χ3n) is 2.58. The molecule has 1 aromatic rings. The van der Waals surface area contributed by atoms with Gasteiger partial charge in [-0.3, -0.25) is 0 Å². The van der Waals surface area contributed by atoms with Crippen LogP contribution in [0.1, 0.15) is 10.4 Å². The summed E-state index contributed by atoms with van der Waals surface area (Å²) in [6, 6.07) is 4.09. The predicted octanol–water partition coefficient (Wildman–Crippen LogP) is 1.04. The number of carboxylic acids is 1. The fourth-order valence-corrected chi connectivity index (χ4v) is 1.53. The number of methoxy groups -OCH3 is 3. The van der Waals surface area contributed by atoms with Crippen LogP contribution in [-0.2, 0) is 19.1 Å². The monoisotopic (exact) mass is 309 g/mol. The molecule has 0 saturated heterocycles. The van der Waals surface area contributed by atoms with Gasteiger partial charge in [-0.25, -0.2) is 14.4 Å². The molecular weight excluding hydrogens is 294 g/mol. The van der Waals surface area contributed by atoms with Gasteiger partial charge >= 0.3 is 17.9 Å². The van der Waals surface area contributed by atoms with Crippen LogP contribution in [0.4, 0.5) is 5.69 Å². The van der Waals surface area contributed by atoms with Crippen molar-refractivity contribution in [1.82, 2.24) is 0 Å². The second-order valence-corrected chi connectivity index (χ2v) is 3.92. The predicted molar refractivity (Wildman–Crippen MR) is 75.7 cm³/mol. The SMILES string of the molecule is COC(=O)/C=C(/Nc1ccc(C(=O)O)c(OC)c1)C(=O)OC. The van der Waals surface area contributed by atoms with Crippen molar-refractivity contribution >= 4 is 23.6 Å². The van der Waals surface area contributed by atoms with Gasteiger partial charge in [-0.1, -0.05) is 0 Å². The third-order valence-corrected chi connectivity index (χ3v) is 2.58. The molecule has 8 nitrogen and oxygen atoms in total. The molecule has 1 aromatic carbocycles. The van der Waals surface area contributed by atoms with Crippen molar-refractivity contribution in [2.24, 2.45) is 0 Å². The molecule has 2 N–H and O–H groups in total. The van der Waals surface area contributed by atoms with Gasteiger partial charge in [0.25, 0.3) is 0 Å². The molecule has 0 saturated carbocycles. The highest BCUT2D eigenvalue weighted by Crippen LogP contribution is 2.24. The molecule has 0 radical (unpaired) electrons. The summed E-state index contributed by atoms with van der Waals surface area (Å²) >= 11 is 0. The Bertz CT molecular complexity index is 622. The molecule has 1 rings (SSSR count). The lowest BCUT2D eigenvalue weighted by Crippen LogP contribution is -2.15. The van der Waals surface area contributed by atoms with Crippen LogP contribution in [0.2, 0.25) is 0 Å². The molecule has 0 bridgehead atoms. The fourth-order valence-electron chi connectivity index (χ4n) is 1.53. The van der Waals surface area contributed by atoms with E-state index in [1.54, 1.807) is 0 Å². The molecule has 0 atom stereocenters. The van der Waals surface area contributed by atoms with Crippen molar-refractivity contribution in [3.63, 3.8) is 0 Å². The zero-order chi connectivity index (χ0) is 16.7. The molecular formula is C14H15NO7. The Morgan fingerprint density at radius 3 is 2.32 bits per heavy atom. The van der Waals surface area contributed by atoms with Gasteiger partial charge < -0.3 is 24.6 Å². The van der Waals surface area contributed by atoms with Crippen LogP contribution in [-0.4, -0.2) is 44.3 Å². The summed E-state index contributed by atoms with van der Waals surface area (Å²) in [4.78, 5) is 33.9. The van der Waals surface area contributed by atoms with Crippen molar-refractivity contribution in [1.29, 1.82) is 0 Å². The number of esters is 2. The zero-order valence-electron chi connectivity index (χ0n) is 12.2. The Balaban J connectivity index is 3.14. The van der Waals surface area contributed by atoms with Crippen molar-refractivity contribution in [3.05, 3.63) is 35.5 Å². The molecule has 0 spiro atoms. The average molecular weight is 309 g/mol. The largest absolute Gasteiger partial charge is 0.496 e. The number of carboxylic acid groups (broad SMARTS) is 1. The summed E-state index contributed by atoms with van der Waals surface area (Å²) in [6.07, 6.45) is 0.920. The van der Waals surface area contributed by atoms with Gasteiger partial charge in [0.15, 0.2) is 0 Å². The van der Waals surface area contributed by atoms with Gasteiger partial charge in [0.05, 0.1) is 27.4 Å². The number of anilines is 1. The molecule has 118 valence electrons. The summed E-state index contributed by atoms with van der Waals surface area (Å²) in [5, 5.41) is 11.6. The van der Waals surface area contributed by atoms with Gasteiger partial charge in [-0.15, -0.1) is 0 Å². The van der Waals surface area contributed by atoms with Crippen molar-refractivity contribution in [2.45, 2.75) is 0 Å².